The van der Waals surface area contributed by atoms with Crippen LogP contribution in [0.2, 0.25) is 0 Å². The van der Waals surface area contributed by atoms with Crippen molar-refractivity contribution in [3.05, 3.63) is 83.9 Å². The number of fused-ring (bicyclic) bond motifs is 1. The third-order valence-corrected chi connectivity index (χ3v) is 4.47. The van der Waals surface area contributed by atoms with Crippen molar-refractivity contribution in [1.82, 2.24) is 10.5 Å². The van der Waals surface area contributed by atoms with Crippen LogP contribution in [0.3, 0.4) is 0 Å². The van der Waals surface area contributed by atoms with Crippen molar-refractivity contribution < 1.29 is 14.1 Å². The average molecular weight is 401 g/mol. The summed E-state index contributed by atoms with van der Waals surface area (Å²) in [5.41, 5.74) is 8.80. The zero-order valence-corrected chi connectivity index (χ0v) is 15.9. The fourth-order valence-corrected chi connectivity index (χ4v) is 2.99. The molecule has 0 aliphatic carbocycles. The van der Waals surface area contributed by atoms with E-state index in [9.17, 15) is 9.59 Å². The average Bonchev–Trinajstić information content (AvgIpc) is 3.15. The monoisotopic (exact) mass is 401 g/mol. The molecule has 0 atom stereocenters. The van der Waals surface area contributed by atoms with Crippen LogP contribution in [0.1, 0.15) is 15.9 Å². The van der Waals surface area contributed by atoms with Gasteiger partial charge < -0.3 is 26.2 Å². The first-order chi connectivity index (χ1) is 14.6. The lowest BCUT2D eigenvalue weighted by Gasteiger charge is -2.09. The van der Waals surface area contributed by atoms with E-state index < -0.39 is 0 Å². The number of benzene rings is 3. The van der Waals surface area contributed by atoms with Crippen LogP contribution in [0.5, 0.6) is 0 Å². The molecule has 8 nitrogen and oxygen atoms in total. The highest BCUT2D eigenvalue weighted by molar-refractivity contribution is 6.14. The maximum atomic E-state index is 12.6. The second kappa shape index (κ2) is 8.36. The molecule has 30 heavy (non-hydrogen) atoms. The van der Waals surface area contributed by atoms with Crippen molar-refractivity contribution in [1.29, 1.82) is 0 Å². The lowest BCUT2D eigenvalue weighted by Crippen LogP contribution is -2.28. The van der Waals surface area contributed by atoms with E-state index in [0.29, 0.717) is 34.5 Å². The molecule has 4 aromatic rings. The van der Waals surface area contributed by atoms with Crippen molar-refractivity contribution in [3.63, 3.8) is 0 Å². The van der Waals surface area contributed by atoms with E-state index in [1.807, 2.05) is 30.3 Å². The van der Waals surface area contributed by atoms with Gasteiger partial charge in [-0.15, -0.1) is 0 Å². The van der Waals surface area contributed by atoms with Gasteiger partial charge in [0.1, 0.15) is 0 Å². The van der Waals surface area contributed by atoms with Crippen LogP contribution >= 0.6 is 0 Å². The molecule has 5 N–H and O–H groups in total. The number of nitrogens with one attached hydrogen (secondary N) is 3. The molecule has 0 aliphatic rings. The predicted molar refractivity (Wildman–Crippen MR) is 115 cm³/mol. The Morgan fingerprint density at radius 3 is 2.30 bits per heavy atom. The first-order valence-corrected chi connectivity index (χ1v) is 9.24. The summed E-state index contributed by atoms with van der Waals surface area (Å²) in [4.78, 5) is 24.7. The molecule has 3 aromatic carbocycles. The third-order valence-electron chi connectivity index (χ3n) is 4.47. The zero-order chi connectivity index (χ0) is 20.9. The number of anilines is 3. The van der Waals surface area contributed by atoms with Gasteiger partial charge in [0.15, 0.2) is 11.4 Å². The highest BCUT2D eigenvalue weighted by Gasteiger charge is 2.16. The topological polar surface area (TPSA) is 122 Å². The molecule has 1 aromatic heterocycles. The first kappa shape index (κ1) is 19.0. The molecule has 0 unspecified atom stereocenters. The molecule has 3 amide bonds. The maximum Gasteiger partial charge on any atom is 0.319 e. The van der Waals surface area contributed by atoms with Gasteiger partial charge in [-0.1, -0.05) is 41.6 Å². The molecule has 0 spiro atoms. The summed E-state index contributed by atoms with van der Waals surface area (Å²) in [7, 11) is 0. The fourth-order valence-electron chi connectivity index (χ4n) is 2.99. The van der Waals surface area contributed by atoms with E-state index in [-0.39, 0.29) is 17.8 Å². The summed E-state index contributed by atoms with van der Waals surface area (Å²) in [6, 6.07) is 21.1. The largest absolute Gasteiger partial charge is 0.380 e. The number of carbonyl (C=O) groups is 2. The number of rotatable bonds is 5. The molecule has 0 radical (unpaired) electrons. The maximum absolute atomic E-state index is 12.6. The Balaban J connectivity index is 1.37. The van der Waals surface area contributed by atoms with Gasteiger partial charge >= 0.3 is 6.03 Å². The fraction of sp³-hybridized carbons (Fsp3) is 0.0455. The van der Waals surface area contributed by atoms with Crippen molar-refractivity contribution >= 4 is 40.1 Å². The Morgan fingerprint density at radius 1 is 0.867 bits per heavy atom. The number of carbonyl (C=O) groups excluding carboxylic acids is 2. The van der Waals surface area contributed by atoms with Crippen molar-refractivity contribution in [2.24, 2.45) is 0 Å². The van der Waals surface area contributed by atoms with E-state index in [0.717, 1.165) is 5.56 Å². The van der Waals surface area contributed by atoms with Crippen LogP contribution in [0.25, 0.3) is 11.0 Å². The molecule has 150 valence electrons. The van der Waals surface area contributed by atoms with Gasteiger partial charge in [-0.2, -0.15) is 0 Å². The minimum absolute atomic E-state index is 0.164. The van der Waals surface area contributed by atoms with Crippen molar-refractivity contribution in [2.45, 2.75) is 6.54 Å². The number of hydrogen-bond acceptors (Lipinski definition) is 5. The van der Waals surface area contributed by atoms with Crippen LogP contribution in [-0.2, 0) is 6.54 Å². The van der Waals surface area contributed by atoms with Gasteiger partial charge in [-0.3, -0.25) is 4.79 Å². The van der Waals surface area contributed by atoms with Crippen LogP contribution in [0.4, 0.5) is 22.0 Å². The number of nitrogens with two attached hydrogens (primary N) is 1. The van der Waals surface area contributed by atoms with E-state index in [2.05, 4.69) is 21.1 Å². The number of nitrogen functional groups attached to an aromatic ring is 1. The summed E-state index contributed by atoms with van der Waals surface area (Å²) in [5, 5.41) is 12.5. The predicted octanol–water partition coefficient (Wildman–Crippen LogP) is 3.98. The molecular weight excluding hydrogens is 382 g/mol. The van der Waals surface area contributed by atoms with Crippen molar-refractivity contribution in [2.75, 3.05) is 16.4 Å². The number of urea groups is 1. The minimum atomic E-state index is -0.336. The number of amides is 3. The van der Waals surface area contributed by atoms with E-state index in [1.165, 1.54) is 0 Å². The quantitative estimate of drug-likeness (QED) is 0.403. The first-order valence-electron chi connectivity index (χ1n) is 9.24. The second-order valence-corrected chi connectivity index (χ2v) is 6.57. The Kier molecular flexibility index (Phi) is 5.29. The Bertz CT molecular complexity index is 1190. The Morgan fingerprint density at radius 2 is 1.57 bits per heavy atom. The van der Waals surface area contributed by atoms with E-state index in [1.54, 1.807) is 42.5 Å². The lowest BCUT2D eigenvalue weighted by molar-refractivity contribution is 0.102. The minimum Gasteiger partial charge on any atom is -0.380 e. The molecule has 0 fully saturated rings. The molecule has 0 aliphatic heterocycles. The third kappa shape index (κ3) is 4.22. The van der Waals surface area contributed by atoms with Gasteiger partial charge in [0.25, 0.3) is 5.91 Å². The summed E-state index contributed by atoms with van der Waals surface area (Å²) in [6.07, 6.45) is 0. The normalized spacial score (nSPS) is 10.5. The second-order valence-electron chi connectivity index (χ2n) is 6.57. The van der Waals surface area contributed by atoms with E-state index >= 15 is 0 Å². The molecule has 8 heteroatoms. The SMILES string of the molecule is Nc1noc2cccc(C(=O)Nc3ccc(NC(=O)NCc4ccccc4)cc3)c12. The van der Waals surface area contributed by atoms with Gasteiger partial charge in [0, 0.05) is 17.9 Å². The van der Waals surface area contributed by atoms with Gasteiger partial charge in [0.2, 0.25) is 0 Å². The van der Waals surface area contributed by atoms with Crippen LogP contribution < -0.4 is 21.7 Å². The number of hydrogen-bond donors (Lipinski definition) is 4. The van der Waals surface area contributed by atoms with Gasteiger partial charge in [-0.05, 0) is 42.0 Å². The highest BCUT2D eigenvalue weighted by atomic mass is 16.5. The standard InChI is InChI=1S/C22H19N5O3/c23-20-19-17(7-4-8-18(19)30-27-20)21(28)25-15-9-11-16(12-10-15)26-22(29)24-13-14-5-2-1-3-6-14/h1-12H,13H2,(H2,23,27)(H,25,28)(H2,24,26,29). The number of aromatic nitrogens is 1. The Labute approximate surface area is 172 Å². The van der Waals surface area contributed by atoms with Crippen molar-refractivity contribution in [3.8, 4) is 0 Å². The van der Waals surface area contributed by atoms with Crippen LogP contribution in [0.15, 0.2) is 77.3 Å². The van der Waals surface area contributed by atoms with Crippen LogP contribution in [-0.4, -0.2) is 17.1 Å². The number of nitrogens with zero attached hydrogens (tertiary/aromatic N) is 1. The zero-order valence-electron chi connectivity index (χ0n) is 15.9. The summed E-state index contributed by atoms with van der Waals surface area (Å²) < 4.78 is 5.09. The summed E-state index contributed by atoms with van der Waals surface area (Å²) >= 11 is 0. The molecular formula is C22H19N5O3. The van der Waals surface area contributed by atoms with Crippen LogP contribution in [0, 0.1) is 0 Å². The van der Waals surface area contributed by atoms with Gasteiger partial charge in [-0.25, -0.2) is 4.79 Å². The van der Waals surface area contributed by atoms with E-state index in [4.69, 9.17) is 10.3 Å². The Hall–Kier alpha value is -4.33. The molecule has 0 saturated heterocycles. The molecule has 0 saturated carbocycles. The summed E-state index contributed by atoms with van der Waals surface area (Å²) in [6.45, 7) is 0.429. The summed E-state index contributed by atoms with van der Waals surface area (Å²) in [5.74, 6) is -0.173. The smallest absolute Gasteiger partial charge is 0.319 e. The lowest BCUT2D eigenvalue weighted by atomic mass is 10.1. The highest BCUT2D eigenvalue weighted by Crippen LogP contribution is 2.25. The molecule has 4 rings (SSSR count). The molecule has 1 heterocycles. The van der Waals surface area contributed by atoms with Gasteiger partial charge in [0.05, 0.1) is 10.9 Å². The molecule has 0 bridgehead atoms.